The van der Waals surface area contributed by atoms with Gasteiger partial charge >= 0.3 is 0 Å². The number of benzene rings is 2. The molecule has 148 valence electrons. The van der Waals surface area contributed by atoms with Crippen molar-refractivity contribution >= 4 is 11.6 Å². The molecule has 6 heteroatoms. The number of furan rings is 1. The smallest absolute Gasteiger partial charge is 0.152 e. The molecule has 0 aliphatic heterocycles. The molecule has 0 aliphatic rings. The van der Waals surface area contributed by atoms with Gasteiger partial charge < -0.3 is 4.42 Å². The Bertz CT molecular complexity index is 1310. The molecule has 0 atom stereocenters. The number of H-pyrrole nitrogens is 1. The van der Waals surface area contributed by atoms with Crippen LogP contribution in [0.25, 0.3) is 39.7 Å². The van der Waals surface area contributed by atoms with Gasteiger partial charge in [-0.1, -0.05) is 41.4 Å². The van der Waals surface area contributed by atoms with Crippen molar-refractivity contribution in [2.24, 2.45) is 0 Å². The van der Waals surface area contributed by atoms with Crippen molar-refractivity contribution in [3.8, 4) is 39.7 Å². The van der Waals surface area contributed by atoms with E-state index in [1.54, 1.807) is 0 Å². The molecule has 0 saturated heterocycles. The first-order valence-electron chi connectivity index (χ1n) is 9.62. The molecule has 0 bridgehead atoms. The lowest BCUT2D eigenvalue weighted by Crippen LogP contribution is -1.94. The lowest BCUT2D eigenvalue weighted by atomic mass is 10.0. The van der Waals surface area contributed by atoms with Crippen LogP contribution in [0.15, 0.2) is 77.3 Å². The number of hydrogen-bond acceptors (Lipinski definition) is 3. The molecule has 30 heavy (non-hydrogen) atoms. The Morgan fingerprint density at radius 3 is 2.40 bits per heavy atom. The van der Waals surface area contributed by atoms with E-state index in [4.69, 9.17) is 21.1 Å². The highest BCUT2D eigenvalue weighted by atomic mass is 35.5. The van der Waals surface area contributed by atoms with E-state index in [0.29, 0.717) is 5.02 Å². The lowest BCUT2D eigenvalue weighted by Gasteiger charge is -2.02. The summed E-state index contributed by atoms with van der Waals surface area (Å²) in [6.45, 7) is 3.99. The molecule has 3 aromatic heterocycles. The first kappa shape index (κ1) is 18.5. The van der Waals surface area contributed by atoms with Crippen molar-refractivity contribution in [3.63, 3.8) is 0 Å². The summed E-state index contributed by atoms with van der Waals surface area (Å²) in [5, 5.41) is 13.2. The normalized spacial score (nSPS) is 11.2. The van der Waals surface area contributed by atoms with Crippen molar-refractivity contribution in [3.05, 3.63) is 89.3 Å². The Morgan fingerprint density at radius 2 is 1.70 bits per heavy atom. The van der Waals surface area contributed by atoms with Gasteiger partial charge in [0.15, 0.2) is 5.76 Å². The molecule has 5 nitrogen and oxygen atoms in total. The first-order valence-corrected chi connectivity index (χ1v) is 10.00. The largest absolute Gasteiger partial charge is 0.460 e. The predicted molar refractivity (Wildman–Crippen MR) is 119 cm³/mol. The molecular formula is C24H19ClN4O. The Morgan fingerprint density at radius 1 is 0.933 bits per heavy atom. The number of halogens is 1. The molecule has 0 aliphatic carbocycles. The number of nitrogens with zero attached hydrogens (tertiary/aromatic N) is 3. The van der Waals surface area contributed by atoms with Gasteiger partial charge in [0.05, 0.1) is 11.4 Å². The first-order chi connectivity index (χ1) is 14.6. The van der Waals surface area contributed by atoms with Crippen LogP contribution in [0.3, 0.4) is 0 Å². The topological polar surface area (TPSA) is 59.6 Å². The van der Waals surface area contributed by atoms with Gasteiger partial charge in [-0.3, -0.25) is 5.10 Å². The number of aryl methyl sites for hydroxylation is 2. The van der Waals surface area contributed by atoms with Crippen LogP contribution in [0.5, 0.6) is 0 Å². The second kappa shape index (κ2) is 7.35. The molecule has 0 amide bonds. The number of aromatic nitrogens is 4. The molecule has 0 radical (unpaired) electrons. The van der Waals surface area contributed by atoms with Crippen LogP contribution in [-0.4, -0.2) is 20.0 Å². The van der Waals surface area contributed by atoms with E-state index in [9.17, 15) is 0 Å². The van der Waals surface area contributed by atoms with Crippen molar-refractivity contribution in [2.45, 2.75) is 13.8 Å². The molecule has 1 N–H and O–H groups in total. The summed E-state index contributed by atoms with van der Waals surface area (Å²) in [5.41, 5.74) is 6.58. The van der Waals surface area contributed by atoms with E-state index in [1.807, 2.05) is 60.3 Å². The highest BCUT2D eigenvalue weighted by Crippen LogP contribution is 2.33. The van der Waals surface area contributed by atoms with Gasteiger partial charge in [0, 0.05) is 22.3 Å². The fraction of sp³-hybridized carbons (Fsp3) is 0.0833. The van der Waals surface area contributed by atoms with E-state index in [2.05, 4.69) is 41.4 Å². The standard InChI is InChI=1S/C24H19ClN4O/c1-15-3-6-17(7-4-15)24-20(14-29(28-24)19-10-8-18(25)9-11-19)21-13-22(27-26-21)23-12-5-16(2)30-23/h3-14H,1-2H3,(H,26,27). The van der Waals surface area contributed by atoms with Crippen LogP contribution in [0.2, 0.25) is 5.02 Å². The zero-order valence-electron chi connectivity index (χ0n) is 16.6. The van der Waals surface area contributed by atoms with Gasteiger partial charge in [-0.05, 0) is 56.3 Å². The van der Waals surface area contributed by atoms with Crippen LogP contribution in [0.1, 0.15) is 11.3 Å². The van der Waals surface area contributed by atoms with E-state index in [-0.39, 0.29) is 0 Å². The Labute approximate surface area is 178 Å². The minimum absolute atomic E-state index is 0.690. The Kier molecular flexibility index (Phi) is 4.52. The lowest BCUT2D eigenvalue weighted by molar-refractivity contribution is 0.546. The molecule has 3 heterocycles. The van der Waals surface area contributed by atoms with Gasteiger partial charge in [0.25, 0.3) is 0 Å². The summed E-state index contributed by atoms with van der Waals surface area (Å²) in [7, 11) is 0. The minimum atomic E-state index is 0.690. The Balaban J connectivity index is 1.63. The SMILES string of the molecule is Cc1ccc(-c2nn(-c3ccc(Cl)cc3)cc2-c2cc(-c3ccc(C)o3)[nH]n2)cc1. The molecule has 0 spiro atoms. The highest BCUT2D eigenvalue weighted by Gasteiger charge is 2.18. The zero-order chi connectivity index (χ0) is 20.7. The highest BCUT2D eigenvalue weighted by molar-refractivity contribution is 6.30. The fourth-order valence-electron chi connectivity index (χ4n) is 3.38. The van der Waals surface area contributed by atoms with Gasteiger partial charge in [-0.2, -0.15) is 10.2 Å². The third-order valence-corrected chi connectivity index (χ3v) is 5.24. The second-order valence-electron chi connectivity index (χ2n) is 7.26. The van der Waals surface area contributed by atoms with Gasteiger partial charge in [0.2, 0.25) is 0 Å². The number of aromatic amines is 1. The third-order valence-electron chi connectivity index (χ3n) is 4.99. The Hall–Kier alpha value is -3.57. The number of hydrogen-bond donors (Lipinski definition) is 1. The summed E-state index contributed by atoms with van der Waals surface area (Å²) in [6.07, 6.45) is 1.99. The summed E-state index contributed by atoms with van der Waals surface area (Å²) >= 11 is 6.05. The second-order valence-corrected chi connectivity index (χ2v) is 7.69. The zero-order valence-corrected chi connectivity index (χ0v) is 17.3. The summed E-state index contributed by atoms with van der Waals surface area (Å²) in [4.78, 5) is 0. The van der Waals surface area contributed by atoms with Crippen molar-refractivity contribution in [2.75, 3.05) is 0 Å². The van der Waals surface area contributed by atoms with Crippen LogP contribution in [0.4, 0.5) is 0 Å². The molecule has 2 aromatic carbocycles. The predicted octanol–water partition coefficient (Wildman–Crippen LogP) is 6.46. The molecule has 5 rings (SSSR count). The number of nitrogens with one attached hydrogen (secondary N) is 1. The van der Waals surface area contributed by atoms with Crippen LogP contribution >= 0.6 is 11.6 Å². The number of rotatable bonds is 4. The maximum Gasteiger partial charge on any atom is 0.152 e. The van der Waals surface area contributed by atoms with E-state index >= 15 is 0 Å². The average Bonchev–Trinajstić information content (AvgIpc) is 3.48. The monoisotopic (exact) mass is 414 g/mol. The van der Waals surface area contributed by atoms with Crippen LogP contribution < -0.4 is 0 Å². The fourth-order valence-corrected chi connectivity index (χ4v) is 3.50. The van der Waals surface area contributed by atoms with E-state index in [1.165, 1.54) is 5.56 Å². The van der Waals surface area contributed by atoms with Gasteiger partial charge in [-0.15, -0.1) is 0 Å². The van der Waals surface area contributed by atoms with E-state index in [0.717, 1.165) is 45.4 Å². The van der Waals surface area contributed by atoms with Crippen molar-refractivity contribution in [1.29, 1.82) is 0 Å². The van der Waals surface area contributed by atoms with Crippen LogP contribution in [0, 0.1) is 13.8 Å². The van der Waals surface area contributed by atoms with Crippen molar-refractivity contribution in [1.82, 2.24) is 20.0 Å². The third kappa shape index (κ3) is 3.44. The maximum absolute atomic E-state index is 6.05. The maximum atomic E-state index is 6.05. The van der Waals surface area contributed by atoms with Crippen molar-refractivity contribution < 1.29 is 4.42 Å². The summed E-state index contributed by atoms with van der Waals surface area (Å²) in [5.74, 6) is 1.62. The summed E-state index contributed by atoms with van der Waals surface area (Å²) < 4.78 is 7.58. The molecular weight excluding hydrogens is 396 g/mol. The molecule has 0 saturated carbocycles. The molecule has 5 aromatic rings. The van der Waals surface area contributed by atoms with E-state index < -0.39 is 0 Å². The van der Waals surface area contributed by atoms with Gasteiger partial charge in [-0.25, -0.2) is 4.68 Å². The minimum Gasteiger partial charge on any atom is -0.460 e. The quantitative estimate of drug-likeness (QED) is 0.367. The molecule has 0 fully saturated rings. The van der Waals surface area contributed by atoms with Crippen LogP contribution in [-0.2, 0) is 0 Å². The summed E-state index contributed by atoms with van der Waals surface area (Å²) in [6, 6.07) is 21.8. The van der Waals surface area contributed by atoms with Gasteiger partial charge in [0.1, 0.15) is 17.1 Å². The molecule has 0 unspecified atom stereocenters. The average molecular weight is 415 g/mol.